The molecule has 2 saturated heterocycles. The van der Waals surface area contributed by atoms with Crippen LogP contribution in [0.15, 0.2) is 24.5 Å². The van der Waals surface area contributed by atoms with Crippen molar-refractivity contribution < 1.29 is 32.6 Å². The van der Waals surface area contributed by atoms with Crippen LogP contribution in [0.2, 0.25) is 0 Å². The number of hydrogen-bond donors (Lipinski definition) is 1. The fourth-order valence-corrected chi connectivity index (χ4v) is 4.75. The summed E-state index contributed by atoms with van der Waals surface area (Å²) < 4.78 is 38.0. The van der Waals surface area contributed by atoms with Gasteiger partial charge >= 0.3 is 12.1 Å². The number of likely N-dealkylation sites (tertiary alicyclic amines) is 1. The second kappa shape index (κ2) is 8.18. The molecule has 3 heterocycles. The molecule has 1 aromatic heterocycles. The van der Waals surface area contributed by atoms with Crippen LogP contribution >= 0.6 is 11.8 Å². The molecule has 0 radical (unpaired) electrons. The lowest BCUT2D eigenvalue weighted by Gasteiger charge is -2.47. The van der Waals surface area contributed by atoms with E-state index in [2.05, 4.69) is 4.98 Å². The van der Waals surface area contributed by atoms with Crippen molar-refractivity contribution in [3.63, 3.8) is 0 Å². The molecule has 1 aliphatic carbocycles. The van der Waals surface area contributed by atoms with Gasteiger partial charge in [-0.15, -0.1) is 11.8 Å². The van der Waals surface area contributed by atoms with Gasteiger partial charge in [0.1, 0.15) is 11.9 Å². The molecule has 28 heavy (non-hydrogen) atoms. The van der Waals surface area contributed by atoms with Crippen LogP contribution in [0.5, 0.6) is 5.75 Å². The molecule has 1 spiro atoms. The highest BCUT2D eigenvalue weighted by molar-refractivity contribution is 8.01. The molecule has 1 unspecified atom stereocenters. The number of hydrogen-bond acceptors (Lipinski definition) is 5. The minimum absolute atomic E-state index is 0.250. The third-order valence-corrected chi connectivity index (χ3v) is 6.40. The van der Waals surface area contributed by atoms with Gasteiger partial charge in [-0.25, -0.2) is 4.79 Å². The monoisotopic (exact) mass is 418 g/mol. The average molecular weight is 418 g/mol. The fraction of sp³-hybridized carbons (Fsp3) is 0.611. The maximum atomic E-state index is 12.1. The lowest BCUT2D eigenvalue weighted by molar-refractivity contribution is -0.192. The van der Waals surface area contributed by atoms with Gasteiger partial charge in [-0.05, 0) is 30.9 Å². The molecular weight excluding hydrogens is 397 g/mol. The second-order valence-corrected chi connectivity index (χ2v) is 8.81. The van der Waals surface area contributed by atoms with E-state index in [0.29, 0.717) is 11.8 Å². The summed E-state index contributed by atoms with van der Waals surface area (Å²) in [6.45, 7) is 1.83. The Hall–Kier alpha value is -1.97. The summed E-state index contributed by atoms with van der Waals surface area (Å²) in [5.41, 5.74) is 0. The average Bonchev–Trinajstić information content (AvgIpc) is 3.30. The first kappa shape index (κ1) is 20.8. The molecule has 2 aliphatic heterocycles. The smallest absolute Gasteiger partial charge is 0.488 e. The Bertz CT molecular complexity index is 707. The summed E-state index contributed by atoms with van der Waals surface area (Å²) >= 11 is 1.98. The number of aromatic nitrogens is 1. The quantitative estimate of drug-likeness (QED) is 0.810. The predicted octanol–water partition coefficient (Wildman–Crippen LogP) is 2.98. The second-order valence-electron chi connectivity index (χ2n) is 7.33. The SMILES string of the molecule is O=C(CC1CC1)N1CC2(CC(Oc3cccnc3)CS2)C1.O=C(O)C(F)(F)F. The fourth-order valence-electron chi connectivity index (χ4n) is 3.23. The molecule has 1 atom stereocenters. The molecule has 0 aromatic carbocycles. The molecule has 1 amide bonds. The van der Waals surface area contributed by atoms with Crippen LogP contribution in [0.3, 0.4) is 0 Å². The maximum Gasteiger partial charge on any atom is 0.490 e. The molecular formula is C18H21F3N2O4S. The summed E-state index contributed by atoms with van der Waals surface area (Å²) in [6.07, 6.45) is 3.01. The van der Waals surface area contributed by atoms with Crippen LogP contribution in [0.4, 0.5) is 13.2 Å². The van der Waals surface area contributed by atoms with E-state index in [1.54, 1.807) is 12.4 Å². The summed E-state index contributed by atoms with van der Waals surface area (Å²) in [7, 11) is 0. The van der Waals surface area contributed by atoms with Crippen molar-refractivity contribution in [2.45, 2.75) is 42.7 Å². The first-order valence-electron chi connectivity index (χ1n) is 8.95. The van der Waals surface area contributed by atoms with Crippen LogP contribution in [-0.4, -0.2) is 62.7 Å². The summed E-state index contributed by atoms with van der Waals surface area (Å²) in [5.74, 6) is 0.153. The van der Waals surface area contributed by atoms with Gasteiger partial charge in [0.25, 0.3) is 0 Å². The van der Waals surface area contributed by atoms with E-state index in [0.717, 1.165) is 37.4 Å². The number of nitrogens with zero attached hydrogens (tertiary/aromatic N) is 2. The zero-order valence-electron chi connectivity index (χ0n) is 15.0. The van der Waals surface area contributed by atoms with Crippen molar-refractivity contribution >= 4 is 23.6 Å². The van der Waals surface area contributed by atoms with Crippen LogP contribution in [0.1, 0.15) is 25.7 Å². The van der Waals surface area contributed by atoms with E-state index in [9.17, 15) is 18.0 Å². The summed E-state index contributed by atoms with van der Waals surface area (Å²) in [5, 5.41) is 7.12. The Balaban J connectivity index is 0.000000279. The Kier molecular flexibility index (Phi) is 6.07. The highest BCUT2D eigenvalue weighted by Gasteiger charge is 2.51. The van der Waals surface area contributed by atoms with Gasteiger partial charge in [-0.1, -0.05) is 0 Å². The van der Waals surface area contributed by atoms with Crippen molar-refractivity contribution in [1.82, 2.24) is 9.88 Å². The number of pyridine rings is 1. The Morgan fingerprint density at radius 2 is 2.04 bits per heavy atom. The van der Waals surface area contributed by atoms with Crippen LogP contribution in [-0.2, 0) is 9.59 Å². The Labute approximate surface area is 164 Å². The number of alkyl halides is 3. The number of carbonyl (C=O) groups is 2. The number of carbonyl (C=O) groups excluding carboxylic acids is 1. The topological polar surface area (TPSA) is 79.7 Å². The molecule has 10 heteroatoms. The first-order chi connectivity index (χ1) is 13.2. The maximum absolute atomic E-state index is 12.1. The van der Waals surface area contributed by atoms with Gasteiger partial charge in [-0.2, -0.15) is 13.2 Å². The number of halogens is 3. The molecule has 4 rings (SSSR count). The highest BCUT2D eigenvalue weighted by Crippen LogP contribution is 2.46. The zero-order valence-corrected chi connectivity index (χ0v) is 15.8. The molecule has 154 valence electrons. The number of thioether (sulfide) groups is 1. The number of carboxylic acid groups (broad SMARTS) is 1. The van der Waals surface area contributed by atoms with E-state index in [-0.39, 0.29) is 10.9 Å². The molecule has 1 aromatic rings. The van der Waals surface area contributed by atoms with E-state index in [1.165, 1.54) is 12.8 Å². The Morgan fingerprint density at radius 1 is 1.36 bits per heavy atom. The number of ether oxygens (including phenoxy) is 1. The largest absolute Gasteiger partial charge is 0.490 e. The van der Waals surface area contributed by atoms with Crippen molar-refractivity contribution in [1.29, 1.82) is 0 Å². The molecule has 6 nitrogen and oxygen atoms in total. The Morgan fingerprint density at radius 3 is 2.57 bits per heavy atom. The third kappa shape index (κ3) is 5.52. The molecule has 3 fully saturated rings. The highest BCUT2D eigenvalue weighted by atomic mass is 32.2. The van der Waals surface area contributed by atoms with Gasteiger partial charge in [0.15, 0.2) is 0 Å². The number of amides is 1. The minimum atomic E-state index is -5.08. The summed E-state index contributed by atoms with van der Waals surface area (Å²) in [4.78, 5) is 27.1. The van der Waals surface area contributed by atoms with Crippen molar-refractivity contribution in [3.8, 4) is 5.75 Å². The van der Waals surface area contributed by atoms with Gasteiger partial charge in [0.05, 0.1) is 10.9 Å². The normalized spacial score (nSPS) is 22.8. The van der Waals surface area contributed by atoms with Crippen molar-refractivity contribution in [2.24, 2.45) is 5.92 Å². The van der Waals surface area contributed by atoms with E-state index < -0.39 is 12.1 Å². The van der Waals surface area contributed by atoms with E-state index in [1.807, 2.05) is 28.8 Å². The number of rotatable bonds is 4. The van der Waals surface area contributed by atoms with Crippen molar-refractivity contribution in [2.75, 3.05) is 18.8 Å². The minimum Gasteiger partial charge on any atom is -0.488 e. The van der Waals surface area contributed by atoms with Gasteiger partial charge in [0, 0.05) is 37.9 Å². The zero-order chi connectivity index (χ0) is 20.4. The van der Waals surface area contributed by atoms with Gasteiger partial charge in [-0.3, -0.25) is 9.78 Å². The number of carboxylic acids is 1. The molecule has 0 bridgehead atoms. The van der Waals surface area contributed by atoms with Crippen molar-refractivity contribution in [3.05, 3.63) is 24.5 Å². The molecule has 1 N–H and O–H groups in total. The van der Waals surface area contributed by atoms with E-state index >= 15 is 0 Å². The van der Waals surface area contributed by atoms with Gasteiger partial charge < -0.3 is 14.7 Å². The molecule has 1 saturated carbocycles. The third-order valence-electron chi connectivity index (χ3n) is 4.83. The standard InChI is InChI=1S/C16H20N2O2S.C2HF3O2/c19-15(6-12-3-4-12)18-10-16(11-18)7-14(9-21-16)20-13-2-1-5-17-8-13;3-2(4,5)1(6)7/h1-2,5,8,12,14H,3-4,6-7,9-11H2;(H,6,7). The lowest BCUT2D eigenvalue weighted by Crippen LogP contribution is -2.60. The van der Waals surface area contributed by atoms with Gasteiger partial charge in [0.2, 0.25) is 5.91 Å². The van der Waals surface area contributed by atoms with Crippen LogP contribution in [0, 0.1) is 5.92 Å². The first-order valence-corrected chi connectivity index (χ1v) is 9.94. The molecule has 3 aliphatic rings. The lowest BCUT2D eigenvalue weighted by atomic mass is 9.92. The predicted molar refractivity (Wildman–Crippen MR) is 96.1 cm³/mol. The summed E-state index contributed by atoms with van der Waals surface area (Å²) in [6, 6.07) is 3.85. The van der Waals surface area contributed by atoms with Crippen LogP contribution in [0.25, 0.3) is 0 Å². The number of aliphatic carboxylic acids is 1. The van der Waals surface area contributed by atoms with E-state index in [4.69, 9.17) is 14.6 Å². The van der Waals surface area contributed by atoms with Crippen LogP contribution < -0.4 is 4.74 Å².